The van der Waals surface area contributed by atoms with Crippen LogP contribution in [-0.4, -0.2) is 74.2 Å². The van der Waals surface area contributed by atoms with Crippen molar-refractivity contribution in [2.75, 3.05) is 52.9 Å². The molecule has 5 heteroatoms. The number of nitrogens with one attached hydrogen (secondary N) is 1. The third-order valence-electron chi connectivity index (χ3n) is 3.02. The van der Waals surface area contributed by atoms with Crippen LogP contribution in [0.1, 0.15) is 20.8 Å². The van der Waals surface area contributed by atoms with Gasteiger partial charge in [0.25, 0.3) is 0 Å². The Hall–Kier alpha value is -0.650. The molecule has 0 radical (unpaired) electrons. The highest BCUT2D eigenvalue weighted by Crippen LogP contribution is 2.06. The van der Waals surface area contributed by atoms with Crippen LogP contribution in [0.5, 0.6) is 0 Å². The van der Waals surface area contributed by atoms with Gasteiger partial charge < -0.3 is 15.0 Å². The summed E-state index contributed by atoms with van der Waals surface area (Å²) in [6.07, 6.45) is 0. The number of nitrogens with zero attached hydrogens (tertiary/aromatic N) is 2. The molecular formula is C13H27N3O2. The molecule has 0 bridgehead atoms. The van der Waals surface area contributed by atoms with Gasteiger partial charge in [0.1, 0.15) is 6.61 Å². The third-order valence-corrected chi connectivity index (χ3v) is 3.02. The summed E-state index contributed by atoms with van der Waals surface area (Å²) in [5, 5.41) is 3.32. The van der Waals surface area contributed by atoms with E-state index in [9.17, 15) is 4.79 Å². The Morgan fingerprint density at radius 3 is 2.50 bits per heavy atom. The summed E-state index contributed by atoms with van der Waals surface area (Å²) < 4.78 is 5.49. The lowest BCUT2D eigenvalue weighted by atomic mass is 10.2. The molecule has 0 spiro atoms. The van der Waals surface area contributed by atoms with Crippen molar-refractivity contribution in [3.63, 3.8) is 0 Å². The van der Waals surface area contributed by atoms with Gasteiger partial charge >= 0.3 is 0 Å². The Bertz CT molecular complexity index is 257. The highest BCUT2D eigenvalue weighted by atomic mass is 16.5. The average molecular weight is 257 g/mol. The van der Waals surface area contributed by atoms with Gasteiger partial charge in [-0.2, -0.15) is 0 Å². The number of amides is 1. The number of piperazine rings is 1. The van der Waals surface area contributed by atoms with Crippen molar-refractivity contribution in [1.29, 1.82) is 0 Å². The van der Waals surface area contributed by atoms with Crippen molar-refractivity contribution in [3.8, 4) is 0 Å². The van der Waals surface area contributed by atoms with E-state index in [0.29, 0.717) is 0 Å². The molecule has 1 aliphatic rings. The minimum absolute atomic E-state index is 0.0556. The summed E-state index contributed by atoms with van der Waals surface area (Å²) in [5.41, 5.74) is -0.255. The summed E-state index contributed by atoms with van der Waals surface area (Å²) >= 11 is 0. The largest absolute Gasteiger partial charge is 0.366 e. The maximum absolute atomic E-state index is 11.8. The summed E-state index contributed by atoms with van der Waals surface area (Å²) in [7, 11) is 1.84. The average Bonchev–Trinajstić information content (AvgIpc) is 2.33. The van der Waals surface area contributed by atoms with Crippen LogP contribution < -0.4 is 5.32 Å². The number of rotatable bonds is 5. The van der Waals surface area contributed by atoms with Gasteiger partial charge in [0, 0.05) is 46.3 Å². The van der Waals surface area contributed by atoms with Crippen molar-refractivity contribution in [3.05, 3.63) is 0 Å². The fraction of sp³-hybridized carbons (Fsp3) is 0.923. The molecule has 0 aromatic carbocycles. The molecule has 18 heavy (non-hydrogen) atoms. The molecule has 0 aromatic rings. The van der Waals surface area contributed by atoms with E-state index in [4.69, 9.17) is 4.74 Å². The van der Waals surface area contributed by atoms with E-state index in [1.54, 1.807) is 4.90 Å². The van der Waals surface area contributed by atoms with Crippen LogP contribution in [0.4, 0.5) is 0 Å². The van der Waals surface area contributed by atoms with Gasteiger partial charge in [-0.3, -0.25) is 9.69 Å². The molecule has 1 rings (SSSR count). The van der Waals surface area contributed by atoms with Gasteiger partial charge in [-0.15, -0.1) is 0 Å². The van der Waals surface area contributed by atoms with Gasteiger partial charge in [0.2, 0.25) is 5.91 Å². The van der Waals surface area contributed by atoms with Crippen molar-refractivity contribution in [2.24, 2.45) is 0 Å². The number of ether oxygens (including phenoxy) is 1. The summed E-state index contributed by atoms with van der Waals surface area (Å²) in [5.74, 6) is 0.0556. The van der Waals surface area contributed by atoms with E-state index in [-0.39, 0.29) is 18.1 Å². The maximum atomic E-state index is 11.8. The topological polar surface area (TPSA) is 44.8 Å². The maximum Gasteiger partial charge on any atom is 0.248 e. The van der Waals surface area contributed by atoms with E-state index >= 15 is 0 Å². The molecule has 1 fully saturated rings. The Morgan fingerprint density at radius 1 is 1.33 bits per heavy atom. The summed E-state index contributed by atoms with van der Waals surface area (Å²) in [6.45, 7) is 12.0. The van der Waals surface area contributed by atoms with Crippen molar-refractivity contribution in [1.82, 2.24) is 15.1 Å². The Kier molecular flexibility index (Phi) is 6.05. The zero-order valence-electron chi connectivity index (χ0n) is 12.2. The van der Waals surface area contributed by atoms with Gasteiger partial charge in [-0.1, -0.05) is 0 Å². The van der Waals surface area contributed by atoms with E-state index in [1.165, 1.54) is 0 Å². The van der Waals surface area contributed by atoms with Crippen LogP contribution in [0, 0.1) is 0 Å². The molecule has 1 aliphatic heterocycles. The quantitative estimate of drug-likeness (QED) is 0.762. The van der Waals surface area contributed by atoms with E-state index in [0.717, 1.165) is 39.3 Å². The monoisotopic (exact) mass is 257 g/mol. The van der Waals surface area contributed by atoms with Gasteiger partial charge in [-0.25, -0.2) is 0 Å². The van der Waals surface area contributed by atoms with Crippen LogP contribution in [0.25, 0.3) is 0 Å². The van der Waals surface area contributed by atoms with Crippen molar-refractivity contribution in [2.45, 2.75) is 26.4 Å². The molecule has 1 heterocycles. The fourth-order valence-electron chi connectivity index (χ4n) is 1.74. The highest BCUT2D eigenvalue weighted by Gasteiger charge is 2.16. The van der Waals surface area contributed by atoms with Crippen molar-refractivity contribution < 1.29 is 9.53 Å². The standard InChI is InChI=1S/C13H27N3O2/c1-13(2,3)18-11-12(17)15(4)9-10-16-7-5-14-6-8-16/h14H,5-11H2,1-4H3. The zero-order valence-corrected chi connectivity index (χ0v) is 12.2. The van der Waals surface area contributed by atoms with Crippen LogP contribution >= 0.6 is 0 Å². The first-order valence-electron chi connectivity index (χ1n) is 6.69. The number of carbonyl (C=O) groups excluding carboxylic acids is 1. The molecule has 5 nitrogen and oxygen atoms in total. The molecule has 1 N–H and O–H groups in total. The first kappa shape index (κ1) is 15.4. The second-order valence-electron chi connectivity index (χ2n) is 5.81. The molecular weight excluding hydrogens is 230 g/mol. The molecule has 106 valence electrons. The first-order chi connectivity index (χ1) is 8.38. The van der Waals surface area contributed by atoms with Crippen LogP contribution in [-0.2, 0) is 9.53 Å². The third kappa shape index (κ3) is 6.33. The minimum Gasteiger partial charge on any atom is -0.366 e. The second-order valence-corrected chi connectivity index (χ2v) is 5.81. The highest BCUT2D eigenvalue weighted by molar-refractivity contribution is 5.77. The summed E-state index contributed by atoms with van der Waals surface area (Å²) in [4.78, 5) is 16.0. The molecule has 0 saturated carbocycles. The second kappa shape index (κ2) is 7.07. The fourth-order valence-corrected chi connectivity index (χ4v) is 1.74. The number of hydrogen-bond acceptors (Lipinski definition) is 4. The number of likely N-dealkylation sites (N-methyl/N-ethyl adjacent to an activating group) is 1. The van der Waals surface area contributed by atoms with E-state index in [1.807, 2.05) is 27.8 Å². The van der Waals surface area contributed by atoms with Crippen molar-refractivity contribution >= 4 is 5.91 Å². The first-order valence-corrected chi connectivity index (χ1v) is 6.69. The number of hydrogen-bond donors (Lipinski definition) is 1. The molecule has 0 unspecified atom stereocenters. The minimum atomic E-state index is -0.255. The number of carbonyl (C=O) groups is 1. The van der Waals surface area contributed by atoms with Crippen LogP contribution in [0.15, 0.2) is 0 Å². The Labute approximate surface area is 110 Å². The predicted octanol–water partition coefficient (Wildman–Crippen LogP) is 0.165. The predicted molar refractivity (Wildman–Crippen MR) is 72.7 cm³/mol. The van der Waals surface area contributed by atoms with Gasteiger partial charge in [-0.05, 0) is 20.8 Å². The molecule has 0 aromatic heterocycles. The van der Waals surface area contributed by atoms with E-state index in [2.05, 4.69) is 10.2 Å². The molecule has 1 saturated heterocycles. The SMILES string of the molecule is CN(CCN1CCNCC1)C(=O)COC(C)(C)C. The van der Waals surface area contributed by atoms with E-state index < -0.39 is 0 Å². The molecule has 1 amide bonds. The van der Waals surface area contributed by atoms with Crippen LogP contribution in [0.2, 0.25) is 0 Å². The lowest BCUT2D eigenvalue weighted by molar-refractivity contribution is -0.139. The zero-order chi connectivity index (χ0) is 13.6. The molecule has 0 atom stereocenters. The molecule has 0 aliphatic carbocycles. The lowest BCUT2D eigenvalue weighted by Gasteiger charge is -2.29. The Morgan fingerprint density at radius 2 is 1.94 bits per heavy atom. The summed E-state index contributed by atoms with van der Waals surface area (Å²) in [6, 6.07) is 0. The Balaban J connectivity index is 2.18. The smallest absolute Gasteiger partial charge is 0.248 e. The lowest BCUT2D eigenvalue weighted by Crippen LogP contribution is -2.47. The van der Waals surface area contributed by atoms with Gasteiger partial charge in [0.05, 0.1) is 5.60 Å². The van der Waals surface area contributed by atoms with Crippen LogP contribution in [0.3, 0.4) is 0 Å². The van der Waals surface area contributed by atoms with Gasteiger partial charge in [0.15, 0.2) is 0 Å². The normalized spacial score (nSPS) is 17.8.